The molecule has 0 unspecified atom stereocenters. The number of fused-ring (bicyclic) bond motifs is 1. The molecule has 0 amide bonds. The molecule has 6 heteroatoms. The van der Waals surface area contributed by atoms with Crippen molar-refractivity contribution >= 4 is 10.9 Å². The fraction of sp³-hybridized carbons (Fsp3) is 0.300. The van der Waals surface area contributed by atoms with E-state index in [2.05, 4.69) is 26.2 Å². The molecule has 0 bridgehead atoms. The molecule has 2 fully saturated rings. The molecule has 0 saturated heterocycles. The Hall–Kier alpha value is -3.02. The molecule has 0 radical (unpaired) electrons. The third kappa shape index (κ3) is 2.33. The highest BCUT2D eigenvalue weighted by Crippen LogP contribution is 2.41. The fourth-order valence-corrected chi connectivity index (χ4v) is 3.39. The summed E-state index contributed by atoms with van der Waals surface area (Å²) >= 11 is 0. The van der Waals surface area contributed by atoms with Crippen LogP contribution in [0, 0.1) is 0 Å². The number of aromatic nitrogens is 5. The van der Waals surface area contributed by atoms with E-state index in [1.807, 2.05) is 30.6 Å². The zero-order chi connectivity index (χ0) is 17.1. The zero-order valence-corrected chi connectivity index (χ0v) is 14.1. The van der Waals surface area contributed by atoms with Crippen LogP contribution in [-0.4, -0.2) is 25.1 Å². The standard InChI is InChI=1S/C20H17N5O/c1-2-11(1)16-7-8-21-18(23-16)15-10-22-17-6-5-13(9-14(15)17)20-25-24-19(26-20)12-3-4-12/h5-12,22H,1-4H2. The molecular formula is C20H17N5O. The molecule has 3 heterocycles. The van der Waals surface area contributed by atoms with Gasteiger partial charge in [0.25, 0.3) is 0 Å². The predicted molar refractivity (Wildman–Crippen MR) is 96.6 cm³/mol. The zero-order valence-electron chi connectivity index (χ0n) is 14.1. The van der Waals surface area contributed by atoms with Crippen LogP contribution in [0.2, 0.25) is 0 Å². The number of hydrogen-bond donors (Lipinski definition) is 1. The smallest absolute Gasteiger partial charge is 0.247 e. The molecule has 0 spiro atoms. The first-order chi connectivity index (χ1) is 12.8. The molecule has 0 atom stereocenters. The van der Waals surface area contributed by atoms with Gasteiger partial charge >= 0.3 is 0 Å². The van der Waals surface area contributed by atoms with E-state index in [1.54, 1.807) is 0 Å². The number of aromatic amines is 1. The summed E-state index contributed by atoms with van der Waals surface area (Å²) in [6.07, 6.45) is 8.60. The number of hydrogen-bond acceptors (Lipinski definition) is 5. The molecule has 1 N–H and O–H groups in total. The summed E-state index contributed by atoms with van der Waals surface area (Å²) in [5.74, 6) is 3.17. The first kappa shape index (κ1) is 14.2. The van der Waals surface area contributed by atoms with Crippen LogP contribution in [0.25, 0.3) is 33.7 Å². The third-order valence-corrected chi connectivity index (χ3v) is 5.21. The highest BCUT2D eigenvalue weighted by molar-refractivity contribution is 5.96. The summed E-state index contributed by atoms with van der Waals surface area (Å²) in [7, 11) is 0. The summed E-state index contributed by atoms with van der Waals surface area (Å²) in [5.41, 5.74) is 4.12. The van der Waals surface area contributed by atoms with Crippen LogP contribution in [0.15, 0.2) is 41.1 Å². The third-order valence-electron chi connectivity index (χ3n) is 5.21. The molecule has 6 rings (SSSR count). The number of H-pyrrole nitrogens is 1. The van der Waals surface area contributed by atoms with Crippen LogP contribution < -0.4 is 0 Å². The first-order valence-electron chi connectivity index (χ1n) is 9.13. The highest BCUT2D eigenvalue weighted by atomic mass is 16.4. The number of nitrogens with zero attached hydrogens (tertiary/aromatic N) is 4. The Bertz CT molecular complexity index is 1120. The lowest BCUT2D eigenvalue weighted by Crippen LogP contribution is -1.92. The number of nitrogens with one attached hydrogen (secondary N) is 1. The second-order valence-corrected chi connectivity index (χ2v) is 7.26. The lowest BCUT2D eigenvalue weighted by molar-refractivity contribution is 0.508. The maximum Gasteiger partial charge on any atom is 0.247 e. The monoisotopic (exact) mass is 343 g/mol. The minimum atomic E-state index is 0.460. The van der Waals surface area contributed by atoms with E-state index in [1.165, 1.54) is 12.8 Å². The van der Waals surface area contributed by atoms with Crippen LogP contribution in [-0.2, 0) is 0 Å². The second-order valence-electron chi connectivity index (χ2n) is 7.26. The van der Waals surface area contributed by atoms with Gasteiger partial charge in [0.05, 0.1) is 0 Å². The molecule has 2 aliphatic carbocycles. The van der Waals surface area contributed by atoms with E-state index in [9.17, 15) is 0 Å². The van der Waals surface area contributed by atoms with E-state index >= 15 is 0 Å². The van der Waals surface area contributed by atoms with E-state index in [4.69, 9.17) is 9.40 Å². The fourth-order valence-electron chi connectivity index (χ4n) is 3.39. The predicted octanol–water partition coefficient (Wildman–Crippen LogP) is 4.43. The quantitative estimate of drug-likeness (QED) is 0.593. The molecule has 3 aromatic heterocycles. The van der Waals surface area contributed by atoms with E-state index in [-0.39, 0.29) is 0 Å². The van der Waals surface area contributed by atoms with Crippen molar-refractivity contribution < 1.29 is 4.42 Å². The highest BCUT2D eigenvalue weighted by Gasteiger charge is 2.29. The van der Waals surface area contributed by atoms with E-state index < -0.39 is 0 Å². The van der Waals surface area contributed by atoms with Crippen molar-refractivity contribution in [3.63, 3.8) is 0 Å². The Balaban J connectivity index is 1.44. The SMILES string of the molecule is c1cc(C2CC2)nc(-c2c[nH]c3ccc(-c4nnc(C5CC5)o4)cc23)n1. The topological polar surface area (TPSA) is 80.5 Å². The molecular weight excluding hydrogens is 326 g/mol. The van der Waals surface area contributed by atoms with Gasteiger partial charge in [0.2, 0.25) is 11.8 Å². The van der Waals surface area contributed by atoms with Crippen molar-refractivity contribution in [1.82, 2.24) is 25.1 Å². The molecule has 2 saturated carbocycles. The molecule has 2 aliphatic rings. The van der Waals surface area contributed by atoms with Crippen LogP contribution in [0.4, 0.5) is 0 Å². The molecule has 6 nitrogen and oxygen atoms in total. The van der Waals surface area contributed by atoms with Gasteiger partial charge in [0.1, 0.15) is 0 Å². The van der Waals surface area contributed by atoms with Crippen LogP contribution in [0.3, 0.4) is 0 Å². The van der Waals surface area contributed by atoms with Crippen LogP contribution in [0.5, 0.6) is 0 Å². The van der Waals surface area contributed by atoms with Gasteiger partial charge < -0.3 is 9.40 Å². The minimum Gasteiger partial charge on any atom is -0.420 e. The summed E-state index contributed by atoms with van der Waals surface area (Å²) in [6, 6.07) is 8.16. The Morgan fingerprint density at radius 3 is 2.73 bits per heavy atom. The molecule has 4 aromatic rings. The van der Waals surface area contributed by atoms with Crippen molar-refractivity contribution in [3.8, 4) is 22.8 Å². The van der Waals surface area contributed by atoms with Crippen molar-refractivity contribution in [1.29, 1.82) is 0 Å². The molecule has 1 aromatic carbocycles. The Morgan fingerprint density at radius 2 is 1.88 bits per heavy atom. The van der Waals surface area contributed by atoms with Crippen molar-refractivity contribution in [3.05, 3.63) is 48.2 Å². The first-order valence-corrected chi connectivity index (χ1v) is 9.13. The minimum absolute atomic E-state index is 0.460. The van der Waals surface area contributed by atoms with Crippen LogP contribution in [0.1, 0.15) is 49.1 Å². The lowest BCUT2D eigenvalue weighted by atomic mass is 10.1. The van der Waals surface area contributed by atoms with Crippen molar-refractivity contribution in [2.45, 2.75) is 37.5 Å². The van der Waals surface area contributed by atoms with Gasteiger partial charge in [-0.05, 0) is 49.9 Å². The van der Waals surface area contributed by atoms with E-state index in [0.29, 0.717) is 17.7 Å². The summed E-state index contributed by atoms with van der Waals surface area (Å²) in [4.78, 5) is 12.6. The second kappa shape index (κ2) is 5.24. The molecule has 0 aliphatic heterocycles. The molecule has 128 valence electrons. The van der Waals surface area contributed by atoms with Gasteiger partial charge in [-0.25, -0.2) is 9.97 Å². The summed E-state index contributed by atoms with van der Waals surface area (Å²) in [5, 5.41) is 9.49. The largest absolute Gasteiger partial charge is 0.420 e. The van der Waals surface area contributed by atoms with Gasteiger partial charge in [0.15, 0.2) is 5.82 Å². The normalized spacial score (nSPS) is 17.1. The average Bonchev–Trinajstić information content (AvgIpc) is 3.61. The molecule has 26 heavy (non-hydrogen) atoms. The maximum atomic E-state index is 5.86. The van der Waals surface area contributed by atoms with Gasteiger partial charge in [0, 0.05) is 52.0 Å². The average molecular weight is 343 g/mol. The maximum absolute atomic E-state index is 5.86. The Morgan fingerprint density at radius 1 is 1.00 bits per heavy atom. The summed E-state index contributed by atoms with van der Waals surface area (Å²) < 4.78 is 5.86. The number of rotatable bonds is 4. The van der Waals surface area contributed by atoms with Crippen molar-refractivity contribution in [2.75, 3.05) is 0 Å². The van der Waals surface area contributed by atoms with Gasteiger partial charge in [-0.2, -0.15) is 0 Å². The van der Waals surface area contributed by atoms with E-state index in [0.717, 1.165) is 52.3 Å². The summed E-state index contributed by atoms with van der Waals surface area (Å²) in [6.45, 7) is 0. The lowest BCUT2D eigenvalue weighted by Gasteiger charge is -2.02. The Labute approximate surface area is 149 Å². The van der Waals surface area contributed by atoms with Gasteiger partial charge in [-0.15, -0.1) is 10.2 Å². The van der Waals surface area contributed by atoms with Crippen molar-refractivity contribution in [2.24, 2.45) is 0 Å². The van der Waals surface area contributed by atoms with Crippen LogP contribution >= 0.6 is 0 Å². The van der Waals surface area contributed by atoms with Gasteiger partial charge in [-0.3, -0.25) is 0 Å². The Kier molecular flexibility index (Phi) is 2.86. The van der Waals surface area contributed by atoms with Gasteiger partial charge in [-0.1, -0.05) is 0 Å². The number of benzene rings is 1.